The number of fused-ring (bicyclic) bond motifs is 1. The third-order valence-corrected chi connectivity index (χ3v) is 4.14. The number of likely N-dealkylation sites (tertiary alicyclic amines) is 1. The third kappa shape index (κ3) is 2.45. The van der Waals surface area contributed by atoms with Gasteiger partial charge in [-0.25, -0.2) is 0 Å². The highest BCUT2D eigenvalue weighted by atomic mass is 19.4. The molecule has 0 bridgehead atoms. The summed E-state index contributed by atoms with van der Waals surface area (Å²) in [6.07, 6.45) is -3.49. The number of β-amino-alcohol motifs (C(OH)–C–C–N with tert-alkyl or cyclic N) is 1. The maximum Gasteiger partial charge on any atom is 0.419 e. The molecule has 1 unspecified atom stereocenters. The SMILES string of the molecule is O=C(Cc1c[nH]c2ccccc12)N1CCC(O)(C(F)(F)F)C1. The molecule has 1 fully saturated rings. The molecule has 1 aliphatic heterocycles. The summed E-state index contributed by atoms with van der Waals surface area (Å²) in [5.41, 5.74) is -1.18. The molecule has 0 saturated carbocycles. The molecule has 1 aromatic carbocycles. The molecule has 2 N–H and O–H groups in total. The molecular weight excluding hydrogens is 297 g/mol. The van der Waals surface area contributed by atoms with Gasteiger partial charge in [-0.15, -0.1) is 0 Å². The lowest BCUT2D eigenvalue weighted by atomic mass is 10.0. The number of aromatic nitrogens is 1. The summed E-state index contributed by atoms with van der Waals surface area (Å²) in [6, 6.07) is 7.41. The second kappa shape index (κ2) is 5.01. The number of nitrogens with zero attached hydrogens (tertiary/aromatic N) is 1. The zero-order chi connectivity index (χ0) is 16.0. The van der Waals surface area contributed by atoms with Crippen molar-refractivity contribution in [1.82, 2.24) is 9.88 Å². The Morgan fingerprint density at radius 1 is 1.36 bits per heavy atom. The number of hydrogen-bond acceptors (Lipinski definition) is 2. The lowest BCUT2D eigenvalue weighted by molar-refractivity contribution is -0.253. The van der Waals surface area contributed by atoms with Gasteiger partial charge in [0, 0.05) is 30.1 Å². The smallest absolute Gasteiger partial charge is 0.379 e. The molecule has 7 heteroatoms. The van der Waals surface area contributed by atoms with Crippen molar-refractivity contribution >= 4 is 16.8 Å². The molecule has 1 aromatic heterocycles. The van der Waals surface area contributed by atoms with E-state index in [2.05, 4.69) is 4.98 Å². The Morgan fingerprint density at radius 3 is 2.77 bits per heavy atom. The van der Waals surface area contributed by atoms with E-state index in [1.54, 1.807) is 6.20 Å². The average Bonchev–Trinajstić information content (AvgIpc) is 3.04. The predicted molar refractivity (Wildman–Crippen MR) is 74.2 cm³/mol. The van der Waals surface area contributed by atoms with Crippen LogP contribution in [0.5, 0.6) is 0 Å². The Labute approximate surface area is 124 Å². The van der Waals surface area contributed by atoms with E-state index in [1.807, 2.05) is 24.3 Å². The summed E-state index contributed by atoms with van der Waals surface area (Å²) in [5, 5.41) is 10.5. The highest BCUT2D eigenvalue weighted by Crippen LogP contribution is 2.37. The van der Waals surface area contributed by atoms with Gasteiger partial charge in [0.15, 0.2) is 5.60 Å². The van der Waals surface area contributed by atoms with Gasteiger partial charge in [0.05, 0.1) is 13.0 Å². The minimum Gasteiger partial charge on any atom is -0.379 e. The van der Waals surface area contributed by atoms with Crippen LogP contribution in [0.25, 0.3) is 10.9 Å². The van der Waals surface area contributed by atoms with Gasteiger partial charge < -0.3 is 15.0 Å². The van der Waals surface area contributed by atoms with E-state index in [4.69, 9.17) is 0 Å². The quantitative estimate of drug-likeness (QED) is 0.893. The number of nitrogens with one attached hydrogen (secondary N) is 1. The zero-order valence-electron chi connectivity index (χ0n) is 11.7. The van der Waals surface area contributed by atoms with Crippen LogP contribution in [0.3, 0.4) is 0 Å². The van der Waals surface area contributed by atoms with Gasteiger partial charge in [0.25, 0.3) is 0 Å². The average molecular weight is 312 g/mol. The van der Waals surface area contributed by atoms with Crippen molar-refractivity contribution in [3.8, 4) is 0 Å². The van der Waals surface area contributed by atoms with E-state index in [0.29, 0.717) is 0 Å². The van der Waals surface area contributed by atoms with Crippen molar-refractivity contribution in [2.45, 2.75) is 24.6 Å². The maximum atomic E-state index is 12.8. The van der Waals surface area contributed by atoms with Crippen molar-refractivity contribution < 1.29 is 23.1 Å². The van der Waals surface area contributed by atoms with Crippen LogP contribution in [-0.2, 0) is 11.2 Å². The highest BCUT2D eigenvalue weighted by molar-refractivity contribution is 5.89. The Bertz CT molecular complexity index is 710. The Hall–Kier alpha value is -2.02. The predicted octanol–water partition coefficient (Wildman–Crippen LogP) is 2.24. The van der Waals surface area contributed by atoms with E-state index in [1.165, 1.54) is 0 Å². The summed E-state index contributed by atoms with van der Waals surface area (Å²) >= 11 is 0. The Balaban J connectivity index is 1.74. The highest BCUT2D eigenvalue weighted by Gasteiger charge is 2.57. The monoisotopic (exact) mass is 312 g/mol. The molecule has 1 amide bonds. The fraction of sp³-hybridized carbons (Fsp3) is 0.400. The molecule has 22 heavy (non-hydrogen) atoms. The Morgan fingerprint density at radius 2 is 2.09 bits per heavy atom. The van der Waals surface area contributed by atoms with Crippen molar-refractivity contribution in [2.75, 3.05) is 13.1 Å². The second-order valence-electron chi connectivity index (χ2n) is 5.63. The van der Waals surface area contributed by atoms with E-state index < -0.39 is 30.7 Å². The first-order valence-corrected chi connectivity index (χ1v) is 6.92. The van der Waals surface area contributed by atoms with Crippen molar-refractivity contribution in [2.24, 2.45) is 0 Å². The van der Waals surface area contributed by atoms with Crippen LogP contribution in [0.15, 0.2) is 30.5 Å². The van der Waals surface area contributed by atoms with E-state index in [9.17, 15) is 23.1 Å². The second-order valence-corrected chi connectivity index (χ2v) is 5.63. The number of aliphatic hydroxyl groups is 1. The van der Waals surface area contributed by atoms with Gasteiger partial charge >= 0.3 is 6.18 Å². The fourth-order valence-electron chi connectivity index (χ4n) is 2.79. The van der Waals surface area contributed by atoms with Crippen LogP contribution in [0.2, 0.25) is 0 Å². The van der Waals surface area contributed by atoms with Gasteiger partial charge in [-0.2, -0.15) is 13.2 Å². The van der Waals surface area contributed by atoms with E-state index in [-0.39, 0.29) is 13.0 Å². The summed E-state index contributed by atoms with van der Waals surface area (Å²) < 4.78 is 38.3. The number of halogens is 3. The first kappa shape index (κ1) is 14.9. The van der Waals surface area contributed by atoms with Crippen molar-refractivity contribution in [3.63, 3.8) is 0 Å². The molecule has 1 atom stereocenters. The van der Waals surface area contributed by atoms with Gasteiger partial charge in [0.2, 0.25) is 5.91 Å². The zero-order valence-corrected chi connectivity index (χ0v) is 11.7. The molecule has 118 valence electrons. The molecule has 2 heterocycles. The van der Waals surface area contributed by atoms with Crippen molar-refractivity contribution in [3.05, 3.63) is 36.0 Å². The van der Waals surface area contributed by atoms with Crippen LogP contribution in [-0.4, -0.2) is 45.8 Å². The van der Waals surface area contributed by atoms with Crippen LogP contribution in [0, 0.1) is 0 Å². The normalized spacial score (nSPS) is 22.5. The summed E-state index contributed by atoms with van der Waals surface area (Å²) in [7, 11) is 0. The fourth-order valence-corrected chi connectivity index (χ4v) is 2.79. The number of aromatic amines is 1. The van der Waals surface area contributed by atoms with E-state index >= 15 is 0 Å². The molecule has 2 aromatic rings. The number of amides is 1. The number of H-pyrrole nitrogens is 1. The minimum absolute atomic E-state index is 0.0119. The first-order valence-electron chi connectivity index (χ1n) is 6.92. The largest absolute Gasteiger partial charge is 0.419 e. The first-order chi connectivity index (χ1) is 10.3. The lowest BCUT2D eigenvalue weighted by Crippen LogP contribution is -2.48. The lowest BCUT2D eigenvalue weighted by Gasteiger charge is -2.25. The van der Waals surface area contributed by atoms with Gasteiger partial charge in [-0.3, -0.25) is 4.79 Å². The summed E-state index contributed by atoms with van der Waals surface area (Å²) in [6.45, 7) is -0.783. The number of benzene rings is 1. The molecule has 1 saturated heterocycles. The maximum absolute atomic E-state index is 12.8. The molecule has 0 spiro atoms. The molecule has 1 aliphatic rings. The number of hydrogen-bond donors (Lipinski definition) is 2. The number of para-hydroxylation sites is 1. The molecule has 0 aliphatic carbocycles. The van der Waals surface area contributed by atoms with Crippen LogP contribution in [0.1, 0.15) is 12.0 Å². The molecule has 3 rings (SSSR count). The Kier molecular flexibility index (Phi) is 3.40. The topological polar surface area (TPSA) is 56.3 Å². The van der Waals surface area contributed by atoms with Crippen LogP contribution in [0.4, 0.5) is 13.2 Å². The third-order valence-electron chi connectivity index (χ3n) is 4.14. The van der Waals surface area contributed by atoms with Crippen LogP contribution < -0.4 is 0 Å². The number of carbonyl (C=O) groups is 1. The molecule has 4 nitrogen and oxygen atoms in total. The summed E-state index contributed by atoms with van der Waals surface area (Å²) in [4.78, 5) is 16.3. The van der Waals surface area contributed by atoms with Crippen LogP contribution >= 0.6 is 0 Å². The number of carbonyl (C=O) groups excluding carboxylic acids is 1. The molecule has 0 radical (unpaired) electrons. The molecular formula is C15H15F3N2O2. The standard InChI is InChI=1S/C15H15F3N2O2/c16-15(17,18)14(22)5-6-20(9-14)13(21)7-10-8-19-12-4-2-1-3-11(10)12/h1-4,8,19,22H,5-7,9H2. The van der Waals surface area contributed by atoms with E-state index in [0.717, 1.165) is 21.4 Å². The van der Waals surface area contributed by atoms with Gasteiger partial charge in [-0.05, 0) is 11.6 Å². The van der Waals surface area contributed by atoms with Gasteiger partial charge in [0.1, 0.15) is 0 Å². The van der Waals surface area contributed by atoms with Gasteiger partial charge in [-0.1, -0.05) is 18.2 Å². The summed E-state index contributed by atoms with van der Waals surface area (Å²) in [5.74, 6) is -0.412. The van der Waals surface area contributed by atoms with Crippen molar-refractivity contribution in [1.29, 1.82) is 0 Å². The number of alkyl halides is 3. The minimum atomic E-state index is -4.72. The number of rotatable bonds is 2.